The number of amides is 2. The van der Waals surface area contributed by atoms with Crippen LogP contribution < -0.4 is 10.6 Å². The van der Waals surface area contributed by atoms with Crippen molar-refractivity contribution in [2.45, 2.75) is 89.8 Å². The molecule has 2 aliphatic rings. The van der Waals surface area contributed by atoms with Crippen molar-refractivity contribution in [2.75, 3.05) is 19.6 Å². The van der Waals surface area contributed by atoms with Crippen molar-refractivity contribution < 1.29 is 9.90 Å². The molecule has 0 bridgehead atoms. The third kappa shape index (κ3) is 6.60. The third-order valence-electron chi connectivity index (χ3n) is 5.60. The molecule has 2 amide bonds. The molecule has 1 aliphatic heterocycles. The fraction of sp³-hybridized carbons (Fsp3) is 0.947. The minimum absolute atomic E-state index is 0.140. The Morgan fingerprint density at radius 3 is 2.42 bits per heavy atom. The zero-order valence-corrected chi connectivity index (χ0v) is 15.8. The zero-order chi connectivity index (χ0) is 17.6. The van der Waals surface area contributed by atoms with E-state index in [1.807, 2.05) is 0 Å². The number of nitrogens with zero attached hydrogens (tertiary/aromatic N) is 1. The van der Waals surface area contributed by atoms with Crippen LogP contribution in [0, 0.1) is 5.92 Å². The molecule has 1 saturated heterocycles. The van der Waals surface area contributed by atoms with Crippen LogP contribution in [0.3, 0.4) is 0 Å². The highest BCUT2D eigenvalue weighted by molar-refractivity contribution is 5.74. The highest BCUT2D eigenvalue weighted by Crippen LogP contribution is 2.26. The van der Waals surface area contributed by atoms with E-state index in [-0.39, 0.29) is 12.1 Å². The molecule has 0 aromatic heterocycles. The van der Waals surface area contributed by atoms with Crippen molar-refractivity contribution in [2.24, 2.45) is 5.92 Å². The van der Waals surface area contributed by atoms with Gasteiger partial charge >= 0.3 is 6.03 Å². The summed E-state index contributed by atoms with van der Waals surface area (Å²) in [5, 5.41) is 16.3. The van der Waals surface area contributed by atoms with Crippen molar-refractivity contribution >= 4 is 6.03 Å². The molecule has 2 rings (SSSR count). The number of aliphatic hydroxyl groups is 1. The molecule has 2 fully saturated rings. The molecule has 5 heteroatoms. The number of rotatable bonds is 7. The lowest BCUT2D eigenvalue weighted by Gasteiger charge is -2.36. The lowest BCUT2D eigenvalue weighted by Crippen LogP contribution is -2.51. The van der Waals surface area contributed by atoms with Gasteiger partial charge in [-0.05, 0) is 51.4 Å². The second-order valence-corrected chi connectivity index (χ2v) is 8.51. The van der Waals surface area contributed by atoms with Crippen LogP contribution in [0.2, 0.25) is 0 Å². The molecule has 140 valence electrons. The summed E-state index contributed by atoms with van der Waals surface area (Å²) in [7, 11) is 0. The normalized spacial score (nSPS) is 23.4. The van der Waals surface area contributed by atoms with Crippen LogP contribution in [0.5, 0.6) is 0 Å². The average molecular weight is 340 g/mol. The molecule has 3 N–H and O–H groups in total. The summed E-state index contributed by atoms with van der Waals surface area (Å²) in [6.45, 7) is 8.61. The topological polar surface area (TPSA) is 64.6 Å². The van der Waals surface area contributed by atoms with Gasteiger partial charge in [0.1, 0.15) is 0 Å². The standard InChI is InChI=1S/C19H37N3O2/c1-15(2)8-11-19(3,24)14-20-18(23)21-16-9-12-22(13-10-16)17-6-4-5-7-17/h15-17,24H,4-14H2,1-3H3,(H2,20,21,23). The van der Waals surface area contributed by atoms with Crippen LogP contribution in [0.1, 0.15) is 72.1 Å². The monoisotopic (exact) mass is 339 g/mol. The van der Waals surface area contributed by atoms with Crippen LogP contribution in [-0.4, -0.2) is 53.4 Å². The number of carbonyl (C=O) groups is 1. The molecule has 24 heavy (non-hydrogen) atoms. The predicted octanol–water partition coefficient (Wildman–Crippen LogP) is 2.88. The molecule has 1 heterocycles. The van der Waals surface area contributed by atoms with Gasteiger partial charge in [0.15, 0.2) is 0 Å². The van der Waals surface area contributed by atoms with Crippen LogP contribution in [0.25, 0.3) is 0 Å². The highest BCUT2D eigenvalue weighted by Gasteiger charge is 2.28. The summed E-state index contributed by atoms with van der Waals surface area (Å²) in [5.41, 5.74) is -0.826. The van der Waals surface area contributed by atoms with Crippen molar-refractivity contribution in [1.29, 1.82) is 0 Å². The van der Waals surface area contributed by atoms with E-state index < -0.39 is 5.60 Å². The van der Waals surface area contributed by atoms with Gasteiger partial charge in [-0.2, -0.15) is 0 Å². The molecule has 0 aromatic carbocycles. The van der Waals surface area contributed by atoms with E-state index >= 15 is 0 Å². The molecule has 1 unspecified atom stereocenters. The number of likely N-dealkylation sites (tertiary alicyclic amines) is 1. The van der Waals surface area contributed by atoms with Gasteiger partial charge in [-0.15, -0.1) is 0 Å². The predicted molar refractivity (Wildman–Crippen MR) is 98.1 cm³/mol. The largest absolute Gasteiger partial charge is 0.388 e. The number of piperidine rings is 1. The quantitative estimate of drug-likeness (QED) is 0.668. The van der Waals surface area contributed by atoms with Crippen LogP contribution in [-0.2, 0) is 0 Å². The molecule has 1 aliphatic carbocycles. The summed E-state index contributed by atoms with van der Waals surface area (Å²) in [4.78, 5) is 14.7. The van der Waals surface area contributed by atoms with Gasteiger partial charge in [0.25, 0.3) is 0 Å². The molecule has 0 spiro atoms. The Kier molecular flexibility index (Phi) is 7.35. The number of hydrogen-bond donors (Lipinski definition) is 3. The van der Waals surface area contributed by atoms with Gasteiger partial charge in [0.2, 0.25) is 0 Å². The van der Waals surface area contributed by atoms with Gasteiger partial charge in [-0.3, -0.25) is 0 Å². The second-order valence-electron chi connectivity index (χ2n) is 8.51. The lowest BCUT2D eigenvalue weighted by molar-refractivity contribution is 0.0474. The van der Waals surface area contributed by atoms with Gasteiger partial charge in [0.05, 0.1) is 5.60 Å². The Bertz CT molecular complexity index is 384. The second kappa shape index (κ2) is 9.04. The van der Waals surface area contributed by atoms with Crippen LogP contribution >= 0.6 is 0 Å². The lowest BCUT2D eigenvalue weighted by atomic mass is 9.95. The maximum atomic E-state index is 12.1. The van der Waals surface area contributed by atoms with Crippen molar-refractivity contribution in [3.63, 3.8) is 0 Å². The minimum Gasteiger partial charge on any atom is -0.388 e. The van der Waals surface area contributed by atoms with Crippen molar-refractivity contribution in [1.82, 2.24) is 15.5 Å². The molecular formula is C19H37N3O2. The van der Waals surface area contributed by atoms with E-state index in [1.165, 1.54) is 25.7 Å². The maximum absolute atomic E-state index is 12.1. The molecule has 1 atom stereocenters. The highest BCUT2D eigenvalue weighted by atomic mass is 16.3. The Hall–Kier alpha value is -0.810. The van der Waals surface area contributed by atoms with E-state index in [4.69, 9.17) is 0 Å². The van der Waals surface area contributed by atoms with Gasteiger partial charge in [-0.1, -0.05) is 26.7 Å². The fourth-order valence-corrected chi connectivity index (χ4v) is 3.87. The molecule has 0 radical (unpaired) electrons. The van der Waals surface area contributed by atoms with Crippen LogP contribution in [0.15, 0.2) is 0 Å². The van der Waals surface area contributed by atoms with E-state index in [0.717, 1.165) is 38.4 Å². The van der Waals surface area contributed by atoms with E-state index in [0.29, 0.717) is 18.9 Å². The number of hydrogen-bond acceptors (Lipinski definition) is 3. The maximum Gasteiger partial charge on any atom is 0.315 e. The van der Waals surface area contributed by atoms with Gasteiger partial charge in [0, 0.05) is 31.7 Å². The summed E-state index contributed by atoms with van der Waals surface area (Å²) in [5.74, 6) is 0.565. The Labute approximate surface area is 147 Å². The fourth-order valence-electron chi connectivity index (χ4n) is 3.87. The minimum atomic E-state index is -0.826. The summed E-state index contributed by atoms with van der Waals surface area (Å²) < 4.78 is 0. The molecule has 1 saturated carbocycles. The van der Waals surface area contributed by atoms with E-state index in [1.54, 1.807) is 6.92 Å². The number of urea groups is 1. The first kappa shape index (κ1) is 19.5. The third-order valence-corrected chi connectivity index (χ3v) is 5.60. The van der Waals surface area contributed by atoms with Gasteiger partial charge < -0.3 is 20.6 Å². The summed E-state index contributed by atoms with van der Waals surface area (Å²) in [6.07, 6.45) is 9.21. The zero-order valence-electron chi connectivity index (χ0n) is 15.8. The smallest absolute Gasteiger partial charge is 0.315 e. The summed E-state index contributed by atoms with van der Waals surface area (Å²) in [6, 6.07) is 0.915. The Balaban J connectivity index is 1.62. The first-order valence-corrected chi connectivity index (χ1v) is 9.86. The van der Waals surface area contributed by atoms with Crippen LogP contribution in [0.4, 0.5) is 4.79 Å². The van der Waals surface area contributed by atoms with E-state index in [2.05, 4.69) is 29.4 Å². The van der Waals surface area contributed by atoms with Gasteiger partial charge in [-0.25, -0.2) is 4.79 Å². The summed E-state index contributed by atoms with van der Waals surface area (Å²) >= 11 is 0. The Morgan fingerprint density at radius 1 is 1.21 bits per heavy atom. The molecular weight excluding hydrogens is 302 g/mol. The molecule has 0 aromatic rings. The number of carbonyl (C=O) groups excluding carboxylic acids is 1. The van der Waals surface area contributed by atoms with Crippen molar-refractivity contribution in [3.05, 3.63) is 0 Å². The first-order valence-electron chi connectivity index (χ1n) is 9.86. The molecule has 5 nitrogen and oxygen atoms in total. The average Bonchev–Trinajstić information content (AvgIpc) is 3.07. The first-order chi connectivity index (χ1) is 11.4. The van der Waals surface area contributed by atoms with Crippen molar-refractivity contribution in [3.8, 4) is 0 Å². The SMILES string of the molecule is CC(C)CCC(C)(O)CNC(=O)NC1CCN(C2CCCC2)CC1. The number of nitrogens with one attached hydrogen (secondary N) is 2. The van der Waals surface area contributed by atoms with E-state index in [9.17, 15) is 9.90 Å². The Morgan fingerprint density at radius 2 is 1.83 bits per heavy atom.